The molecule has 1 N–H and O–H groups in total. The molecule has 0 aromatic heterocycles. The zero-order valence-electron chi connectivity index (χ0n) is 13.5. The Bertz CT molecular complexity index is 638. The summed E-state index contributed by atoms with van der Waals surface area (Å²) in [7, 11) is 0. The van der Waals surface area contributed by atoms with Crippen molar-refractivity contribution in [3.8, 4) is 5.75 Å². The highest BCUT2D eigenvalue weighted by atomic mass is 35.5. The van der Waals surface area contributed by atoms with E-state index in [1.165, 1.54) is 0 Å². The molecule has 0 amide bonds. The lowest BCUT2D eigenvalue weighted by Crippen LogP contribution is -2.35. The van der Waals surface area contributed by atoms with Crippen molar-refractivity contribution < 1.29 is 4.74 Å². The number of rotatable bonds is 5. The minimum Gasteiger partial charge on any atom is -0.489 e. The van der Waals surface area contributed by atoms with Crippen LogP contribution in [0.25, 0.3) is 0 Å². The van der Waals surface area contributed by atoms with Crippen LogP contribution in [0.2, 0.25) is 10.0 Å². The lowest BCUT2D eigenvalue weighted by Gasteiger charge is -2.22. The smallest absolute Gasteiger partial charge is 0.124 e. The van der Waals surface area contributed by atoms with Crippen molar-refractivity contribution in [2.75, 3.05) is 0 Å². The third-order valence-electron chi connectivity index (χ3n) is 3.17. The van der Waals surface area contributed by atoms with Crippen molar-refractivity contribution >= 4 is 35.6 Å². The molecule has 0 bridgehead atoms. The molecule has 2 aromatic carbocycles. The first kappa shape index (κ1) is 20.1. The minimum atomic E-state index is 0. The molecule has 0 radical (unpaired) electrons. The van der Waals surface area contributed by atoms with Gasteiger partial charge in [0.2, 0.25) is 0 Å². The Kier molecular flexibility index (Phi) is 7.69. The fraction of sp³-hybridized carbons (Fsp3) is 0.333. The average molecular weight is 375 g/mol. The second kappa shape index (κ2) is 8.79. The largest absolute Gasteiger partial charge is 0.489 e. The molecule has 0 fully saturated rings. The number of hydrogen-bond donors (Lipinski definition) is 1. The first-order valence-electron chi connectivity index (χ1n) is 7.25. The van der Waals surface area contributed by atoms with E-state index in [9.17, 15) is 0 Å². The highest BCUT2D eigenvalue weighted by Crippen LogP contribution is 2.25. The summed E-state index contributed by atoms with van der Waals surface area (Å²) in [5, 5.41) is 4.87. The zero-order chi connectivity index (χ0) is 16.2. The van der Waals surface area contributed by atoms with Crippen molar-refractivity contribution in [3.05, 3.63) is 63.6 Å². The van der Waals surface area contributed by atoms with Gasteiger partial charge in [-0.3, -0.25) is 0 Å². The minimum absolute atomic E-state index is 0. The second-order valence-electron chi connectivity index (χ2n) is 6.24. The van der Waals surface area contributed by atoms with E-state index < -0.39 is 0 Å². The van der Waals surface area contributed by atoms with Crippen molar-refractivity contribution in [2.24, 2.45) is 0 Å². The number of halogens is 3. The molecule has 2 nitrogen and oxygen atoms in total. The van der Waals surface area contributed by atoms with E-state index in [2.05, 4.69) is 26.1 Å². The van der Waals surface area contributed by atoms with Gasteiger partial charge in [-0.1, -0.05) is 41.4 Å². The quantitative estimate of drug-likeness (QED) is 0.705. The van der Waals surface area contributed by atoms with Crippen LogP contribution in [0.15, 0.2) is 42.5 Å². The Labute approximate surface area is 154 Å². The highest BCUT2D eigenvalue weighted by molar-refractivity contribution is 6.31. The van der Waals surface area contributed by atoms with Crippen LogP contribution in [0.3, 0.4) is 0 Å². The van der Waals surface area contributed by atoms with E-state index in [1.807, 2.05) is 42.5 Å². The molecule has 0 unspecified atom stereocenters. The molecule has 0 heterocycles. The van der Waals surface area contributed by atoms with Gasteiger partial charge in [0.05, 0.1) is 0 Å². The molecular weight excluding hydrogens is 353 g/mol. The molecule has 0 aliphatic heterocycles. The van der Waals surface area contributed by atoms with Crippen LogP contribution >= 0.6 is 35.6 Å². The lowest BCUT2D eigenvalue weighted by atomic mass is 10.1. The van der Waals surface area contributed by atoms with Gasteiger partial charge in [0.25, 0.3) is 0 Å². The van der Waals surface area contributed by atoms with Crippen LogP contribution in [-0.4, -0.2) is 5.54 Å². The fourth-order valence-corrected chi connectivity index (χ4v) is 2.34. The predicted molar refractivity (Wildman–Crippen MR) is 101 cm³/mol. The van der Waals surface area contributed by atoms with E-state index in [4.69, 9.17) is 27.9 Å². The average Bonchev–Trinajstić information content (AvgIpc) is 2.45. The summed E-state index contributed by atoms with van der Waals surface area (Å²) in [6, 6.07) is 13.4. The van der Waals surface area contributed by atoms with E-state index in [-0.39, 0.29) is 17.9 Å². The summed E-state index contributed by atoms with van der Waals surface area (Å²) in [6.45, 7) is 7.51. The lowest BCUT2D eigenvalue weighted by molar-refractivity contribution is 0.300. The molecule has 0 spiro atoms. The van der Waals surface area contributed by atoms with Crippen LogP contribution in [0.5, 0.6) is 5.75 Å². The Morgan fingerprint density at radius 2 is 1.70 bits per heavy atom. The fourth-order valence-electron chi connectivity index (χ4n) is 1.96. The monoisotopic (exact) mass is 373 g/mol. The van der Waals surface area contributed by atoms with Crippen molar-refractivity contribution in [2.45, 2.75) is 39.5 Å². The molecule has 2 aromatic rings. The van der Waals surface area contributed by atoms with Crippen LogP contribution < -0.4 is 10.1 Å². The Morgan fingerprint density at radius 1 is 1.00 bits per heavy atom. The van der Waals surface area contributed by atoms with Gasteiger partial charge in [0, 0.05) is 33.3 Å². The molecular formula is C18H22Cl3NO. The third-order valence-corrected chi connectivity index (χ3v) is 3.78. The Morgan fingerprint density at radius 3 is 2.35 bits per heavy atom. The highest BCUT2D eigenvalue weighted by Gasteiger charge is 2.12. The molecule has 23 heavy (non-hydrogen) atoms. The molecule has 5 heteroatoms. The van der Waals surface area contributed by atoms with Gasteiger partial charge in [-0.15, -0.1) is 12.4 Å². The normalized spacial score (nSPS) is 11.0. The summed E-state index contributed by atoms with van der Waals surface area (Å²) in [4.78, 5) is 0. The predicted octanol–water partition coefficient (Wildman–Crippen LogP) is 5.88. The van der Waals surface area contributed by atoms with Gasteiger partial charge in [-0.05, 0) is 45.0 Å². The van der Waals surface area contributed by atoms with E-state index in [0.717, 1.165) is 16.9 Å². The van der Waals surface area contributed by atoms with Crippen molar-refractivity contribution in [1.82, 2.24) is 5.32 Å². The first-order valence-corrected chi connectivity index (χ1v) is 8.00. The molecule has 0 saturated heterocycles. The van der Waals surface area contributed by atoms with E-state index in [0.29, 0.717) is 23.2 Å². The van der Waals surface area contributed by atoms with Gasteiger partial charge < -0.3 is 10.1 Å². The zero-order valence-corrected chi connectivity index (χ0v) is 15.9. The maximum absolute atomic E-state index is 6.16. The standard InChI is InChI=1S/C18H21Cl2NO.ClH/c1-18(2,3)21-11-14-10-15(19)8-9-17(14)22-12-13-6-4-5-7-16(13)20;/h4-10,21H,11-12H2,1-3H3;1H. The van der Waals surface area contributed by atoms with Gasteiger partial charge in [0.1, 0.15) is 12.4 Å². The molecule has 0 atom stereocenters. The van der Waals surface area contributed by atoms with Gasteiger partial charge in [-0.2, -0.15) is 0 Å². The molecule has 0 aliphatic rings. The Hall–Kier alpha value is -0.930. The molecule has 0 aliphatic carbocycles. The van der Waals surface area contributed by atoms with Crippen LogP contribution in [-0.2, 0) is 13.2 Å². The summed E-state index contributed by atoms with van der Waals surface area (Å²) in [5.74, 6) is 0.820. The second-order valence-corrected chi connectivity index (χ2v) is 7.08. The SMILES string of the molecule is CC(C)(C)NCc1cc(Cl)ccc1OCc1ccccc1Cl.Cl. The third kappa shape index (κ3) is 6.60. The summed E-state index contributed by atoms with van der Waals surface area (Å²) >= 11 is 12.3. The van der Waals surface area contributed by atoms with Crippen LogP contribution in [0.1, 0.15) is 31.9 Å². The first-order chi connectivity index (χ1) is 10.3. The van der Waals surface area contributed by atoms with Crippen molar-refractivity contribution in [1.29, 1.82) is 0 Å². The van der Waals surface area contributed by atoms with Gasteiger partial charge in [-0.25, -0.2) is 0 Å². The van der Waals surface area contributed by atoms with E-state index >= 15 is 0 Å². The maximum atomic E-state index is 6.16. The molecule has 2 rings (SSSR count). The summed E-state index contributed by atoms with van der Waals surface area (Å²) in [6.07, 6.45) is 0. The number of hydrogen-bond acceptors (Lipinski definition) is 2. The number of nitrogens with one attached hydrogen (secondary N) is 1. The van der Waals surface area contributed by atoms with Gasteiger partial charge >= 0.3 is 0 Å². The van der Waals surface area contributed by atoms with E-state index in [1.54, 1.807) is 0 Å². The van der Waals surface area contributed by atoms with Crippen LogP contribution in [0, 0.1) is 0 Å². The molecule has 126 valence electrons. The summed E-state index contributed by atoms with van der Waals surface area (Å²) < 4.78 is 5.94. The van der Waals surface area contributed by atoms with Crippen molar-refractivity contribution in [3.63, 3.8) is 0 Å². The maximum Gasteiger partial charge on any atom is 0.124 e. The topological polar surface area (TPSA) is 21.3 Å². The van der Waals surface area contributed by atoms with Gasteiger partial charge in [0.15, 0.2) is 0 Å². The Balaban J connectivity index is 0.00000264. The van der Waals surface area contributed by atoms with Crippen LogP contribution in [0.4, 0.5) is 0 Å². The number of benzene rings is 2. The molecule has 0 saturated carbocycles. The number of ether oxygens (including phenoxy) is 1. The summed E-state index contributed by atoms with van der Waals surface area (Å²) in [5.41, 5.74) is 2.03.